The van der Waals surface area contributed by atoms with E-state index in [2.05, 4.69) is 6.08 Å². The van der Waals surface area contributed by atoms with E-state index in [0.29, 0.717) is 4.90 Å². The van der Waals surface area contributed by atoms with Crippen LogP contribution in [-0.4, -0.2) is 24.8 Å². The van der Waals surface area contributed by atoms with Crippen LogP contribution in [0.25, 0.3) is 0 Å². The molecule has 2 aliphatic heterocycles. The van der Waals surface area contributed by atoms with E-state index in [1.54, 1.807) is 16.4 Å². The van der Waals surface area contributed by atoms with Crippen molar-refractivity contribution in [3.05, 3.63) is 42.0 Å². The molecule has 18 heavy (non-hydrogen) atoms. The topological polar surface area (TPSA) is 37.4 Å². The van der Waals surface area contributed by atoms with Crippen LogP contribution in [0.15, 0.2) is 41.3 Å². The quantitative estimate of drug-likeness (QED) is 0.769. The zero-order valence-electron chi connectivity index (χ0n) is 10.4. The van der Waals surface area contributed by atoms with Gasteiger partial charge in [-0.1, -0.05) is 29.8 Å². The Kier molecular flexibility index (Phi) is 2.79. The van der Waals surface area contributed by atoms with Gasteiger partial charge in [0, 0.05) is 12.1 Å². The van der Waals surface area contributed by atoms with Crippen LogP contribution in [0.1, 0.15) is 24.8 Å². The molecule has 1 aromatic rings. The van der Waals surface area contributed by atoms with Crippen LogP contribution in [0.4, 0.5) is 0 Å². The average Bonchev–Trinajstić information content (AvgIpc) is 2.62. The number of fused-ring (bicyclic) bond motifs is 2. The van der Waals surface area contributed by atoms with E-state index in [9.17, 15) is 8.42 Å². The molecule has 2 unspecified atom stereocenters. The molecule has 0 aliphatic carbocycles. The summed E-state index contributed by atoms with van der Waals surface area (Å²) < 4.78 is 27.0. The minimum absolute atomic E-state index is 0.0649. The molecular weight excluding hydrogens is 246 g/mol. The third-order valence-electron chi connectivity index (χ3n) is 3.85. The second-order valence-electron chi connectivity index (χ2n) is 5.11. The first-order chi connectivity index (χ1) is 8.59. The molecular formula is C14H17NO2S. The molecule has 4 heteroatoms. The largest absolute Gasteiger partial charge is 0.243 e. The molecule has 1 aromatic carbocycles. The first-order valence-electron chi connectivity index (χ1n) is 6.36. The van der Waals surface area contributed by atoms with Crippen molar-refractivity contribution in [2.45, 2.75) is 43.2 Å². The Labute approximate surface area is 108 Å². The number of aryl methyl sites for hydroxylation is 1. The van der Waals surface area contributed by atoms with Gasteiger partial charge in [-0.3, -0.25) is 0 Å². The van der Waals surface area contributed by atoms with E-state index < -0.39 is 10.0 Å². The predicted molar refractivity (Wildman–Crippen MR) is 70.8 cm³/mol. The molecule has 0 N–H and O–H groups in total. The molecule has 0 radical (unpaired) electrons. The molecule has 2 bridgehead atoms. The third-order valence-corrected chi connectivity index (χ3v) is 5.84. The van der Waals surface area contributed by atoms with Gasteiger partial charge >= 0.3 is 0 Å². The molecule has 96 valence electrons. The van der Waals surface area contributed by atoms with Gasteiger partial charge in [0.2, 0.25) is 10.0 Å². The average molecular weight is 263 g/mol. The second-order valence-corrected chi connectivity index (χ2v) is 6.95. The summed E-state index contributed by atoms with van der Waals surface area (Å²) >= 11 is 0. The third kappa shape index (κ3) is 1.80. The van der Waals surface area contributed by atoms with Crippen LogP contribution >= 0.6 is 0 Å². The van der Waals surface area contributed by atoms with Crippen molar-refractivity contribution in [1.29, 1.82) is 0 Å². The van der Waals surface area contributed by atoms with Crippen molar-refractivity contribution in [3.63, 3.8) is 0 Å². The van der Waals surface area contributed by atoms with E-state index in [1.165, 1.54) is 0 Å². The van der Waals surface area contributed by atoms with E-state index in [0.717, 1.165) is 24.8 Å². The maximum Gasteiger partial charge on any atom is 0.243 e. The first-order valence-corrected chi connectivity index (χ1v) is 7.80. The lowest BCUT2D eigenvalue weighted by Gasteiger charge is -2.30. The van der Waals surface area contributed by atoms with Gasteiger partial charge in [0.1, 0.15) is 0 Å². The highest BCUT2D eigenvalue weighted by atomic mass is 32.2. The molecule has 3 nitrogen and oxygen atoms in total. The molecule has 2 heterocycles. The Morgan fingerprint density at radius 1 is 1.17 bits per heavy atom. The van der Waals surface area contributed by atoms with Crippen LogP contribution in [-0.2, 0) is 10.0 Å². The number of hydrogen-bond acceptors (Lipinski definition) is 2. The smallest absolute Gasteiger partial charge is 0.207 e. The fraction of sp³-hybridized carbons (Fsp3) is 0.429. The SMILES string of the molecule is Cc1ccc(S(=O)(=O)N2C3C=CCC2CC3)cc1. The van der Waals surface area contributed by atoms with Crippen molar-refractivity contribution in [3.8, 4) is 0 Å². The Hall–Kier alpha value is -1.13. The fourth-order valence-corrected chi connectivity index (χ4v) is 4.73. The molecule has 0 aromatic heterocycles. The van der Waals surface area contributed by atoms with E-state index in [1.807, 2.05) is 25.1 Å². The second kappa shape index (κ2) is 4.21. The van der Waals surface area contributed by atoms with Crippen molar-refractivity contribution in [2.24, 2.45) is 0 Å². The van der Waals surface area contributed by atoms with Gasteiger partial charge in [-0.05, 0) is 38.3 Å². The van der Waals surface area contributed by atoms with Crippen molar-refractivity contribution in [2.75, 3.05) is 0 Å². The lowest BCUT2D eigenvalue weighted by atomic mass is 10.2. The highest BCUT2D eigenvalue weighted by Crippen LogP contribution is 2.36. The summed E-state index contributed by atoms with van der Waals surface area (Å²) in [5.41, 5.74) is 1.08. The van der Waals surface area contributed by atoms with Crippen molar-refractivity contribution < 1.29 is 8.42 Å². The number of sulfonamides is 1. The standard InChI is InChI=1S/C14H17NO2S/c1-11-5-9-14(10-6-11)18(16,17)15-12-3-2-4-13(15)8-7-12/h2-3,5-6,9-10,12-13H,4,7-8H2,1H3. The minimum atomic E-state index is -3.33. The summed E-state index contributed by atoms with van der Waals surface area (Å²) in [7, 11) is -3.33. The minimum Gasteiger partial charge on any atom is -0.207 e. The highest BCUT2D eigenvalue weighted by Gasteiger charge is 2.42. The molecule has 0 spiro atoms. The summed E-state index contributed by atoms with van der Waals surface area (Å²) in [6.07, 6.45) is 6.93. The predicted octanol–water partition coefficient (Wildman–Crippen LogP) is 2.48. The number of benzene rings is 1. The number of rotatable bonds is 2. The van der Waals surface area contributed by atoms with Gasteiger partial charge in [-0.2, -0.15) is 4.31 Å². The normalized spacial score (nSPS) is 27.6. The molecule has 0 amide bonds. The van der Waals surface area contributed by atoms with Gasteiger partial charge in [-0.25, -0.2) is 8.42 Å². The van der Waals surface area contributed by atoms with Crippen LogP contribution in [0.2, 0.25) is 0 Å². The molecule has 3 rings (SSSR count). The van der Waals surface area contributed by atoms with Crippen molar-refractivity contribution >= 4 is 10.0 Å². The van der Waals surface area contributed by atoms with E-state index in [4.69, 9.17) is 0 Å². The van der Waals surface area contributed by atoms with Crippen LogP contribution in [0, 0.1) is 6.92 Å². The summed E-state index contributed by atoms with van der Waals surface area (Å²) in [6.45, 7) is 1.96. The molecule has 1 saturated heterocycles. The zero-order valence-corrected chi connectivity index (χ0v) is 11.2. The van der Waals surface area contributed by atoms with Crippen LogP contribution < -0.4 is 0 Å². The van der Waals surface area contributed by atoms with Gasteiger partial charge in [0.15, 0.2) is 0 Å². The molecule has 0 saturated carbocycles. The number of hydrogen-bond donors (Lipinski definition) is 0. The van der Waals surface area contributed by atoms with Crippen LogP contribution in [0.3, 0.4) is 0 Å². The Morgan fingerprint density at radius 3 is 2.56 bits per heavy atom. The van der Waals surface area contributed by atoms with E-state index >= 15 is 0 Å². The molecule has 1 fully saturated rings. The fourth-order valence-electron chi connectivity index (χ4n) is 2.89. The monoisotopic (exact) mass is 263 g/mol. The van der Waals surface area contributed by atoms with Crippen LogP contribution in [0.5, 0.6) is 0 Å². The lowest BCUT2D eigenvalue weighted by molar-refractivity contribution is 0.341. The zero-order chi connectivity index (χ0) is 12.8. The maximum atomic E-state index is 12.7. The Balaban J connectivity index is 2.00. The summed E-state index contributed by atoms with van der Waals surface area (Å²) in [5.74, 6) is 0. The number of nitrogens with zero attached hydrogens (tertiary/aromatic N) is 1. The Bertz CT molecular complexity index is 574. The lowest BCUT2D eigenvalue weighted by Crippen LogP contribution is -2.41. The Morgan fingerprint density at radius 2 is 1.89 bits per heavy atom. The van der Waals surface area contributed by atoms with Gasteiger partial charge in [0.25, 0.3) is 0 Å². The first kappa shape index (κ1) is 11.9. The van der Waals surface area contributed by atoms with Crippen molar-refractivity contribution in [1.82, 2.24) is 4.31 Å². The van der Waals surface area contributed by atoms with Gasteiger partial charge in [0.05, 0.1) is 4.90 Å². The molecule has 2 aliphatic rings. The van der Waals surface area contributed by atoms with Gasteiger partial charge in [-0.15, -0.1) is 0 Å². The summed E-state index contributed by atoms with van der Waals surface area (Å²) in [6, 6.07) is 7.36. The van der Waals surface area contributed by atoms with E-state index in [-0.39, 0.29) is 12.1 Å². The highest BCUT2D eigenvalue weighted by molar-refractivity contribution is 7.89. The molecule has 2 atom stereocenters. The van der Waals surface area contributed by atoms with Gasteiger partial charge < -0.3 is 0 Å². The summed E-state index contributed by atoms with van der Waals surface area (Å²) in [5, 5.41) is 0. The maximum absolute atomic E-state index is 12.7. The summed E-state index contributed by atoms with van der Waals surface area (Å²) in [4.78, 5) is 0.417.